The number of carbonyl (C=O) groups is 2. The zero-order chi connectivity index (χ0) is 26.8. The molecule has 0 atom stereocenters. The fraction of sp³-hybridized carbons (Fsp3) is 0.276. The van der Waals surface area contributed by atoms with Crippen LogP contribution in [-0.2, 0) is 11.3 Å². The molecule has 0 bridgehead atoms. The first-order chi connectivity index (χ1) is 18.3. The molecule has 0 aliphatic carbocycles. The van der Waals surface area contributed by atoms with E-state index in [2.05, 4.69) is 10.3 Å². The van der Waals surface area contributed by atoms with Crippen LogP contribution in [0.15, 0.2) is 67.0 Å². The van der Waals surface area contributed by atoms with Gasteiger partial charge < -0.3 is 19.7 Å². The summed E-state index contributed by atoms with van der Waals surface area (Å²) >= 11 is 0. The Morgan fingerprint density at radius 2 is 1.66 bits per heavy atom. The van der Waals surface area contributed by atoms with E-state index in [4.69, 9.17) is 0 Å². The number of hydrogen-bond donors (Lipinski definition) is 1. The van der Waals surface area contributed by atoms with Gasteiger partial charge in [-0.05, 0) is 60.7 Å². The molecule has 2 heterocycles. The average molecular weight is 518 g/mol. The van der Waals surface area contributed by atoms with Crippen molar-refractivity contribution in [1.29, 1.82) is 0 Å². The van der Waals surface area contributed by atoms with E-state index in [0.717, 1.165) is 41.6 Å². The molecule has 0 radical (unpaired) electrons. The third-order valence-electron chi connectivity index (χ3n) is 7.00. The second kappa shape index (κ2) is 10.6. The number of anilines is 2. The van der Waals surface area contributed by atoms with Crippen LogP contribution in [0.4, 0.5) is 20.2 Å². The number of piperidine rings is 1. The number of likely N-dealkylation sites (tertiary alicyclic amines) is 1. The summed E-state index contributed by atoms with van der Waals surface area (Å²) in [5, 5.41) is 2.93. The first-order valence-electron chi connectivity index (χ1n) is 12.6. The van der Waals surface area contributed by atoms with Gasteiger partial charge in [0.15, 0.2) is 0 Å². The quantitative estimate of drug-likeness (QED) is 0.389. The largest absolute Gasteiger partial charge is 0.373 e. The molecule has 1 fully saturated rings. The minimum atomic E-state index is -0.751. The molecule has 0 unspecified atom stereocenters. The van der Waals surface area contributed by atoms with Crippen LogP contribution in [0, 0.1) is 11.6 Å². The summed E-state index contributed by atoms with van der Waals surface area (Å²) in [6.07, 6.45) is 3.15. The van der Waals surface area contributed by atoms with Crippen LogP contribution in [0.5, 0.6) is 0 Å². The lowest BCUT2D eigenvalue weighted by Gasteiger charge is -2.32. The van der Waals surface area contributed by atoms with Crippen molar-refractivity contribution < 1.29 is 18.4 Å². The van der Waals surface area contributed by atoms with Gasteiger partial charge in [0, 0.05) is 38.4 Å². The number of fused-ring (bicyclic) bond motifs is 1. The van der Waals surface area contributed by atoms with Crippen LogP contribution in [0.3, 0.4) is 0 Å². The van der Waals surface area contributed by atoms with Crippen LogP contribution in [0.2, 0.25) is 0 Å². The van der Waals surface area contributed by atoms with Crippen LogP contribution < -0.4 is 10.2 Å². The molecule has 2 amide bonds. The average Bonchev–Trinajstić information content (AvgIpc) is 3.30. The smallest absolute Gasteiger partial charge is 0.254 e. The normalized spacial score (nSPS) is 14.1. The minimum Gasteiger partial charge on any atom is -0.373 e. The molecule has 0 saturated carbocycles. The Bertz CT molecular complexity index is 1450. The van der Waals surface area contributed by atoms with E-state index in [0.29, 0.717) is 18.8 Å². The van der Waals surface area contributed by atoms with E-state index in [9.17, 15) is 18.4 Å². The number of para-hydroxylation sites is 2. The number of nitrogens with one attached hydrogen (secondary N) is 1. The molecule has 1 saturated heterocycles. The maximum Gasteiger partial charge on any atom is 0.254 e. The summed E-state index contributed by atoms with van der Waals surface area (Å²) in [5.41, 5.74) is 3.45. The molecule has 196 valence electrons. The highest BCUT2D eigenvalue weighted by atomic mass is 19.1. The molecule has 9 heteroatoms. The lowest BCUT2D eigenvalue weighted by molar-refractivity contribution is -0.116. The van der Waals surface area contributed by atoms with Gasteiger partial charge >= 0.3 is 0 Å². The SMILES string of the molecule is CN(C)c1c(F)cc(C(=O)N2CCC(c3ccc(NC(=O)Cn4cnc5ccccc54)cc3)CC2)cc1F. The molecule has 1 aromatic heterocycles. The molecule has 7 nitrogen and oxygen atoms in total. The van der Waals surface area contributed by atoms with Gasteiger partial charge in [-0.1, -0.05) is 24.3 Å². The van der Waals surface area contributed by atoms with Crippen LogP contribution in [-0.4, -0.2) is 53.5 Å². The third kappa shape index (κ3) is 5.22. The van der Waals surface area contributed by atoms with E-state index >= 15 is 0 Å². The van der Waals surface area contributed by atoms with Crippen molar-refractivity contribution >= 4 is 34.2 Å². The topological polar surface area (TPSA) is 70.5 Å². The van der Waals surface area contributed by atoms with Gasteiger partial charge in [-0.25, -0.2) is 13.8 Å². The van der Waals surface area contributed by atoms with E-state index in [-0.39, 0.29) is 35.5 Å². The highest BCUT2D eigenvalue weighted by Gasteiger charge is 2.26. The maximum absolute atomic E-state index is 14.4. The predicted molar refractivity (Wildman–Crippen MR) is 143 cm³/mol. The molecule has 0 spiro atoms. The number of aromatic nitrogens is 2. The van der Waals surface area contributed by atoms with Gasteiger partial charge in [-0.2, -0.15) is 0 Å². The minimum absolute atomic E-state index is 0.0211. The summed E-state index contributed by atoms with van der Waals surface area (Å²) in [6, 6.07) is 17.6. The van der Waals surface area contributed by atoms with Gasteiger partial charge in [-0.3, -0.25) is 9.59 Å². The molecule has 38 heavy (non-hydrogen) atoms. The predicted octanol–water partition coefficient (Wildman–Crippen LogP) is 5.04. The van der Waals surface area contributed by atoms with Crippen molar-refractivity contribution in [1.82, 2.24) is 14.5 Å². The molecule has 3 aromatic carbocycles. The Kier molecular flexibility index (Phi) is 7.09. The second-order valence-corrected chi connectivity index (χ2v) is 9.78. The number of amides is 2. The van der Waals surface area contributed by atoms with Crippen molar-refractivity contribution in [3.8, 4) is 0 Å². The molecule has 4 aromatic rings. The fourth-order valence-corrected chi connectivity index (χ4v) is 5.04. The Hall–Kier alpha value is -4.27. The summed E-state index contributed by atoms with van der Waals surface area (Å²) < 4.78 is 30.5. The molecular formula is C29H29F2N5O2. The first kappa shape index (κ1) is 25.4. The van der Waals surface area contributed by atoms with E-state index in [1.165, 1.54) is 4.90 Å². The van der Waals surface area contributed by atoms with Crippen molar-refractivity contribution in [3.05, 3.63) is 89.8 Å². The number of halogens is 2. The lowest BCUT2D eigenvalue weighted by Crippen LogP contribution is -2.38. The fourth-order valence-electron chi connectivity index (χ4n) is 5.04. The number of carbonyl (C=O) groups excluding carboxylic acids is 2. The Morgan fingerprint density at radius 3 is 2.32 bits per heavy atom. The highest BCUT2D eigenvalue weighted by molar-refractivity contribution is 5.95. The van der Waals surface area contributed by atoms with Gasteiger partial charge in [0.05, 0.1) is 17.4 Å². The zero-order valence-electron chi connectivity index (χ0n) is 21.3. The van der Waals surface area contributed by atoms with Crippen LogP contribution in [0.1, 0.15) is 34.7 Å². The molecule has 1 aliphatic heterocycles. The van der Waals surface area contributed by atoms with Crippen molar-refractivity contribution in [2.75, 3.05) is 37.4 Å². The van der Waals surface area contributed by atoms with E-state index in [1.54, 1.807) is 25.3 Å². The maximum atomic E-state index is 14.4. The zero-order valence-corrected chi connectivity index (χ0v) is 21.3. The lowest BCUT2D eigenvalue weighted by atomic mass is 9.89. The molecule has 1 aliphatic rings. The summed E-state index contributed by atoms with van der Waals surface area (Å²) in [5.74, 6) is -1.75. The van der Waals surface area contributed by atoms with E-state index < -0.39 is 11.6 Å². The standard InChI is InChI=1S/C29H29F2N5O2/c1-34(2)28-23(30)15-21(16-24(28)31)29(38)35-13-11-20(12-14-35)19-7-9-22(10-8-19)33-27(37)17-36-18-32-25-5-3-4-6-26(25)36/h3-10,15-16,18,20H,11-14,17H2,1-2H3,(H,33,37). The number of hydrogen-bond acceptors (Lipinski definition) is 4. The molecular weight excluding hydrogens is 488 g/mol. The second-order valence-electron chi connectivity index (χ2n) is 9.78. The number of nitrogens with zero attached hydrogens (tertiary/aromatic N) is 4. The molecule has 1 N–H and O–H groups in total. The number of benzene rings is 3. The van der Waals surface area contributed by atoms with Gasteiger partial charge in [0.25, 0.3) is 5.91 Å². The molecule has 5 rings (SSSR count). The monoisotopic (exact) mass is 517 g/mol. The highest BCUT2D eigenvalue weighted by Crippen LogP contribution is 2.30. The van der Waals surface area contributed by atoms with Crippen molar-refractivity contribution in [3.63, 3.8) is 0 Å². The van der Waals surface area contributed by atoms with Crippen LogP contribution in [0.25, 0.3) is 11.0 Å². The summed E-state index contributed by atoms with van der Waals surface area (Å²) in [7, 11) is 3.11. The summed E-state index contributed by atoms with van der Waals surface area (Å²) in [4.78, 5) is 32.8. The third-order valence-corrected chi connectivity index (χ3v) is 7.00. The Morgan fingerprint density at radius 1 is 1.00 bits per heavy atom. The first-order valence-corrected chi connectivity index (χ1v) is 12.6. The van der Waals surface area contributed by atoms with Gasteiger partial charge in [0.2, 0.25) is 5.91 Å². The number of imidazole rings is 1. The Labute approximate surface area is 219 Å². The Balaban J connectivity index is 1.16. The van der Waals surface area contributed by atoms with Gasteiger partial charge in [-0.15, -0.1) is 0 Å². The van der Waals surface area contributed by atoms with Gasteiger partial charge in [0.1, 0.15) is 23.9 Å². The summed E-state index contributed by atoms with van der Waals surface area (Å²) in [6.45, 7) is 1.17. The number of rotatable bonds is 6. The van der Waals surface area contributed by atoms with Crippen molar-refractivity contribution in [2.24, 2.45) is 0 Å². The van der Waals surface area contributed by atoms with Crippen molar-refractivity contribution in [2.45, 2.75) is 25.3 Å². The van der Waals surface area contributed by atoms with E-state index in [1.807, 2.05) is 53.1 Å². The van der Waals surface area contributed by atoms with Crippen LogP contribution >= 0.6 is 0 Å².